The summed E-state index contributed by atoms with van der Waals surface area (Å²) in [6.45, 7) is 2.11. The van der Waals surface area contributed by atoms with Gasteiger partial charge >= 0.3 is 0 Å². The molecule has 0 bridgehead atoms. The second-order valence-corrected chi connectivity index (χ2v) is 6.21. The smallest absolute Gasteiger partial charge is 0.164 e. The molecule has 2 rings (SSSR count). The van der Waals surface area contributed by atoms with Crippen LogP contribution in [0.15, 0.2) is 27.8 Å². The second-order valence-electron chi connectivity index (χ2n) is 4.89. The van der Waals surface area contributed by atoms with Gasteiger partial charge in [0.25, 0.3) is 0 Å². The molecule has 0 fully saturated rings. The van der Waals surface area contributed by atoms with Crippen molar-refractivity contribution in [1.29, 1.82) is 5.26 Å². The fourth-order valence-electron chi connectivity index (χ4n) is 2.06. The summed E-state index contributed by atoms with van der Waals surface area (Å²) < 4.78 is 5.81. The van der Waals surface area contributed by atoms with Crippen molar-refractivity contribution in [2.24, 2.45) is 5.10 Å². The molecule has 2 N–H and O–H groups in total. The minimum Gasteiger partial charge on any atom is -0.506 e. The predicted octanol–water partition coefficient (Wildman–Crippen LogP) is 3.98. The molecule has 1 aromatic heterocycles. The summed E-state index contributed by atoms with van der Waals surface area (Å²) >= 11 is 9.20. The van der Waals surface area contributed by atoms with E-state index in [-0.39, 0.29) is 10.8 Å². The molecule has 6 nitrogen and oxygen atoms in total. The lowest BCUT2D eigenvalue weighted by Crippen LogP contribution is -2.03. The lowest BCUT2D eigenvalue weighted by Gasteiger charge is -2.09. The Kier molecular flexibility index (Phi) is 6.15. The van der Waals surface area contributed by atoms with Crippen LogP contribution in [0, 0.1) is 18.3 Å². The molecule has 0 aliphatic carbocycles. The molecule has 0 saturated carbocycles. The Morgan fingerprint density at radius 1 is 1.50 bits per heavy atom. The molecule has 0 aliphatic rings. The molecular weight excluding hydrogens is 396 g/mol. The van der Waals surface area contributed by atoms with Gasteiger partial charge in [0.05, 0.1) is 17.8 Å². The highest BCUT2D eigenvalue weighted by Crippen LogP contribution is 2.30. The SMILES string of the molecule is COCc1cc(C)nc(N/N=C\c2cc(Br)cc(Cl)c2O)c1C#N. The number of methoxy groups -OCH3 is 1. The van der Waals surface area contributed by atoms with E-state index < -0.39 is 0 Å². The predicted molar refractivity (Wildman–Crippen MR) is 96.4 cm³/mol. The van der Waals surface area contributed by atoms with Crippen molar-refractivity contribution in [2.45, 2.75) is 13.5 Å². The molecule has 0 saturated heterocycles. The quantitative estimate of drug-likeness (QED) is 0.576. The van der Waals surface area contributed by atoms with Crippen molar-refractivity contribution in [3.05, 3.63) is 50.1 Å². The second kappa shape index (κ2) is 8.11. The third kappa shape index (κ3) is 4.23. The van der Waals surface area contributed by atoms with E-state index in [4.69, 9.17) is 16.3 Å². The number of anilines is 1. The van der Waals surface area contributed by atoms with Gasteiger partial charge in [0, 0.05) is 28.4 Å². The summed E-state index contributed by atoms with van der Waals surface area (Å²) in [5.41, 5.74) is 4.96. The summed E-state index contributed by atoms with van der Waals surface area (Å²) in [5, 5.41) is 23.5. The zero-order valence-electron chi connectivity index (χ0n) is 13.0. The van der Waals surface area contributed by atoms with Gasteiger partial charge in [-0.1, -0.05) is 27.5 Å². The van der Waals surface area contributed by atoms with Crippen LogP contribution in [0.1, 0.15) is 22.4 Å². The normalized spacial score (nSPS) is 10.8. The van der Waals surface area contributed by atoms with E-state index in [1.807, 2.05) is 6.92 Å². The Morgan fingerprint density at radius 3 is 2.92 bits per heavy atom. The highest BCUT2D eigenvalue weighted by molar-refractivity contribution is 9.10. The Hall–Kier alpha value is -2.14. The third-order valence-electron chi connectivity index (χ3n) is 3.07. The van der Waals surface area contributed by atoms with Crippen molar-refractivity contribution >= 4 is 39.6 Å². The number of phenols is 1. The van der Waals surface area contributed by atoms with Crippen LogP contribution in [0.2, 0.25) is 5.02 Å². The highest BCUT2D eigenvalue weighted by atomic mass is 79.9. The first-order valence-corrected chi connectivity index (χ1v) is 8.00. The van der Waals surface area contributed by atoms with Gasteiger partial charge in [-0.2, -0.15) is 10.4 Å². The fourth-order valence-corrected chi connectivity index (χ4v) is 2.90. The van der Waals surface area contributed by atoms with Gasteiger partial charge in [-0.15, -0.1) is 0 Å². The monoisotopic (exact) mass is 408 g/mol. The van der Waals surface area contributed by atoms with Crippen LogP contribution in [-0.4, -0.2) is 23.4 Å². The van der Waals surface area contributed by atoms with Crippen LogP contribution in [0.4, 0.5) is 5.82 Å². The summed E-state index contributed by atoms with van der Waals surface area (Å²) in [6.07, 6.45) is 1.40. The molecule has 0 atom stereocenters. The number of aryl methyl sites for hydroxylation is 1. The number of benzene rings is 1. The molecule has 0 radical (unpaired) electrons. The van der Waals surface area contributed by atoms with Crippen LogP contribution in [0.25, 0.3) is 0 Å². The maximum Gasteiger partial charge on any atom is 0.164 e. The first-order valence-electron chi connectivity index (χ1n) is 6.83. The molecular formula is C16H14BrClN4O2. The lowest BCUT2D eigenvalue weighted by atomic mass is 10.1. The van der Waals surface area contributed by atoms with E-state index in [0.29, 0.717) is 28.0 Å². The van der Waals surface area contributed by atoms with E-state index >= 15 is 0 Å². The van der Waals surface area contributed by atoms with E-state index in [0.717, 1.165) is 11.3 Å². The number of nitriles is 1. The van der Waals surface area contributed by atoms with E-state index in [9.17, 15) is 10.4 Å². The molecule has 0 unspecified atom stereocenters. The van der Waals surface area contributed by atoms with Crippen molar-refractivity contribution in [3.63, 3.8) is 0 Å². The number of nitrogens with one attached hydrogen (secondary N) is 1. The number of pyridine rings is 1. The zero-order valence-corrected chi connectivity index (χ0v) is 15.3. The minimum absolute atomic E-state index is 0.0804. The van der Waals surface area contributed by atoms with Crippen LogP contribution in [-0.2, 0) is 11.3 Å². The average molecular weight is 410 g/mol. The zero-order chi connectivity index (χ0) is 17.7. The number of hydrazone groups is 1. The van der Waals surface area contributed by atoms with Crippen LogP contribution in [0.5, 0.6) is 5.75 Å². The maximum absolute atomic E-state index is 9.92. The number of rotatable bonds is 5. The first kappa shape index (κ1) is 18.2. The summed E-state index contributed by atoms with van der Waals surface area (Å²) in [7, 11) is 1.56. The van der Waals surface area contributed by atoms with Gasteiger partial charge < -0.3 is 9.84 Å². The van der Waals surface area contributed by atoms with Crippen LogP contribution < -0.4 is 5.43 Å². The topological polar surface area (TPSA) is 90.5 Å². The Bertz CT molecular complexity index is 834. The van der Waals surface area contributed by atoms with Crippen LogP contribution >= 0.6 is 27.5 Å². The van der Waals surface area contributed by atoms with Crippen LogP contribution in [0.3, 0.4) is 0 Å². The number of nitrogens with zero attached hydrogens (tertiary/aromatic N) is 3. The Labute approximate surface area is 152 Å². The Balaban J connectivity index is 2.31. The molecule has 0 aliphatic heterocycles. The highest BCUT2D eigenvalue weighted by Gasteiger charge is 2.11. The fraction of sp³-hybridized carbons (Fsp3) is 0.188. The van der Waals surface area contributed by atoms with Gasteiger partial charge in [0.2, 0.25) is 0 Å². The minimum atomic E-state index is -0.0804. The molecule has 0 spiro atoms. The van der Waals surface area contributed by atoms with E-state index in [1.54, 1.807) is 25.3 Å². The number of halogens is 2. The van der Waals surface area contributed by atoms with Gasteiger partial charge in [0.1, 0.15) is 17.4 Å². The molecule has 1 heterocycles. The molecule has 1 aromatic carbocycles. The van der Waals surface area contributed by atoms with Gasteiger partial charge in [-0.25, -0.2) is 4.98 Å². The lowest BCUT2D eigenvalue weighted by molar-refractivity contribution is 0.184. The van der Waals surface area contributed by atoms with Gasteiger partial charge in [-0.3, -0.25) is 5.43 Å². The summed E-state index contributed by atoms with van der Waals surface area (Å²) in [5.74, 6) is 0.240. The summed E-state index contributed by atoms with van der Waals surface area (Å²) in [4.78, 5) is 4.27. The number of hydrogen-bond donors (Lipinski definition) is 2. The maximum atomic E-state index is 9.92. The van der Waals surface area contributed by atoms with Gasteiger partial charge in [0.15, 0.2) is 5.82 Å². The third-order valence-corrected chi connectivity index (χ3v) is 3.82. The number of phenolic OH excluding ortho intramolecular Hbond substituents is 1. The standard InChI is InChI=1S/C16H14BrClN4O2/c1-9-3-11(8-24-2)13(6-19)16(21-9)22-20-7-10-4-12(17)5-14(18)15(10)23/h3-5,7,23H,8H2,1-2H3,(H,21,22)/b20-7-. The molecule has 8 heteroatoms. The number of hydrogen-bond acceptors (Lipinski definition) is 6. The number of aromatic nitrogens is 1. The molecule has 2 aromatic rings. The van der Waals surface area contributed by atoms with Gasteiger partial charge in [-0.05, 0) is 25.1 Å². The summed E-state index contributed by atoms with van der Waals surface area (Å²) in [6, 6.07) is 7.13. The van der Waals surface area contributed by atoms with Crippen molar-refractivity contribution in [2.75, 3.05) is 12.5 Å². The molecule has 24 heavy (non-hydrogen) atoms. The van der Waals surface area contributed by atoms with Crippen molar-refractivity contribution < 1.29 is 9.84 Å². The first-order chi connectivity index (χ1) is 11.5. The Morgan fingerprint density at radius 2 is 2.25 bits per heavy atom. The average Bonchev–Trinajstić information content (AvgIpc) is 2.52. The van der Waals surface area contributed by atoms with Crippen molar-refractivity contribution in [3.8, 4) is 11.8 Å². The van der Waals surface area contributed by atoms with Crippen molar-refractivity contribution in [1.82, 2.24) is 4.98 Å². The number of ether oxygens (including phenoxy) is 1. The van der Waals surface area contributed by atoms with E-state index in [2.05, 4.69) is 37.5 Å². The largest absolute Gasteiger partial charge is 0.506 e. The molecule has 0 amide bonds. The molecule has 124 valence electrons. The van der Waals surface area contributed by atoms with E-state index in [1.165, 1.54) is 6.21 Å². The number of aromatic hydroxyl groups is 1.